The molecule has 1 aliphatic rings. The molecule has 3 N–H and O–H groups in total. The van der Waals surface area contributed by atoms with E-state index in [9.17, 15) is 8.42 Å². The maximum absolute atomic E-state index is 12.6. The zero-order chi connectivity index (χ0) is 13.2. The average Bonchev–Trinajstić information content (AvgIpc) is 2.88. The predicted octanol–water partition coefficient (Wildman–Crippen LogP) is 1.43. The Kier molecular flexibility index (Phi) is 4.09. The third-order valence-corrected chi connectivity index (χ3v) is 5.52. The Bertz CT molecular complexity index is 495. The second-order valence-corrected chi connectivity index (χ2v) is 6.63. The number of sulfonamides is 1. The van der Waals surface area contributed by atoms with Gasteiger partial charge in [0.1, 0.15) is 0 Å². The van der Waals surface area contributed by atoms with Crippen LogP contribution in [0.15, 0.2) is 17.2 Å². The van der Waals surface area contributed by atoms with Crippen LogP contribution < -0.4 is 5.73 Å². The largest absolute Gasteiger partial charge is 0.363 e. The summed E-state index contributed by atoms with van der Waals surface area (Å²) in [5, 5.41) is 0. The van der Waals surface area contributed by atoms with E-state index in [1.165, 1.54) is 0 Å². The number of hydrogen-bond donors (Lipinski definition) is 2. The summed E-state index contributed by atoms with van der Waals surface area (Å²) < 4.78 is 26.8. The molecule has 0 aromatic carbocycles. The lowest BCUT2D eigenvalue weighted by Gasteiger charge is -2.33. The Hall–Kier alpha value is -0.850. The fraction of sp³-hybridized carbons (Fsp3) is 0.667. The first-order chi connectivity index (χ1) is 8.59. The molecule has 0 spiro atoms. The number of aromatic amines is 1. The zero-order valence-electron chi connectivity index (χ0n) is 10.7. The second kappa shape index (κ2) is 5.42. The molecule has 1 aromatic rings. The Morgan fingerprint density at radius 1 is 1.50 bits per heavy atom. The Labute approximate surface area is 108 Å². The summed E-state index contributed by atoms with van der Waals surface area (Å²) in [5.74, 6) is 0. The maximum atomic E-state index is 12.6. The van der Waals surface area contributed by atoms with Crippen LogP contribution in [0.25, 0.3) is 0 Å². The van der Waals surface area contributed by atoms with Crippen molar-refractivity contribution in [2.75, 3.05) is 6.54 Å². The predicted molar refractivity (Wildman–Crippen MR) is 70.5 cm³/mol. The van der Waals surface area contributed by atoms with E-state index in [1.807, 2.05) is 6.92 Å². The van der Waals surface area contributed by atoms with Gasteiger partial charge in [0.25, 0.3) is 0 Å². The van der Waals surface area contributed by atoms with Crippen LogP contribution in [0.4, 0.5) is 0 Å². The van der Waals surface area contributed by atoms with E-state index in [2.05, 4.69) is 4.98 Å². The van der Waals surface area contributed by atoms with Crippen molar-refractivity contribution in [3.05, 3.63) is 18.0 Å². The summed E-state index contributed by atoms with van der Waals surface area (Å²) in [4.78, 5) is 3.24. The molecule has 18 heavy (non-hydrogen) atoms. The first kappa shape index (κ1) is 13.6. The average molecular weight is 271 g/mol. The molecule has 0 bridgehead atoms. The quantitative estimate of drug-likeness (QED) is 0.869. The van der Waals surface area contributed by atoms with Crippen molar-refractivity contribution in [2.24, 2.45) is 5.73 Å². The third-order valence-electron chi connectivity index (χ3n) is 3.59. The highest BCUT2D eigenvalue weighted by molar-refractivity contribution is 7.89. The summed E-state index contributed by atoms with van der Waals surface area (Å²) in [6, 6.07) is 1.77. The van der Waals surface area contributed by atoms with E-state index < -0.39 is 10.0 Å². The Morgan fingerprint density at radius 2 is 2.28 bits per heavy atom. The molecule has 1 saturated heterocycles. The second-order valence-electron chi connectivity index (χ2n) is 4.74. The SMILES string of the molecule is CCC1CCCCN1S(=O)(=O)c1c[nH]c(CN)c1. The normalized spacial score (nSPS) is 22.2. The highest BCUT2D eigenvalue weighted by Crippen LogP contribution is 2.27. The van der Waals surface area contributed by atoms with Gasteiger partial charge in [-0.05, 0) is 25.3 Å². The van der Waals surface area contributed by atoms with E-state index in [-0.39, 0.29) is 6.04 Å². The topological polar surface area (TPSA) is 79.2 Å². The van der Waals surface area contributed by atoms with Gasteiger partial charge >= 0.3 is 0 Å². The third kappa shape index (κ3) is 2.46. The van der Waals surface area contributed by atoms with Gasteiger partial charge < -0.3 is 10.7 Å². The van der Waals surface area contributed by atoms with Crippen molar-refractivity contribution in [1.29, 1.82) is 0 Å². The van der Waals surface area contributed by atoms with Crippen LogP contribution in [0, 0.1) is 0 Å². The first-order valence-electron chi connectivity index (χ1n) is 6.48. The Morgan fingerprint density at radius 3 is 2.89 bits per heavy atom. The number of H-pyrrole nitrogens is 1. The van der Waals surface area contributed by atoms with E-state index in [0.717, 1.165) is 31.4 Å². The van der Waals surface area contributed by atoms with Gasteiger partial charge in [-0.2, -0.15) is 4.31 Å². The maximum Gasteiger partial charge on any atom is 0.244 e. The molecule has 1 aliphatic heterocycles. The van der Waals surface area contributed by atoms with Gasteiger partial charge in [-0.15, -0.1) is 0 Å². The van der Waals surface area contributed by atoms with Gasteiger partial charge in [0.15, 0.2) is 0 Å². The molecular formula is C12H21N3O2S. The van der Waals surface area contributed by atoms with Crippen molar-refractivity contribution >= 4 is 10.0 Å². The summed E-state index contributed by atoms with van der Waals surface area (Å²) in [5.41, 5.74) is 6.25. The number of rotatable bonds is 4. The molecular weight excluding hydrogens is 250 g/mol. The standard InChI is InChI=1S/C12H21N3O2S/c1-2-11-5-3-4-6-15(11)18(16,17)12-7-10(8-13)14-9-12/h7,9,11,14H,2-6,8,13H2,1H3. The van der Waals surface area contributed by atoms with Gasteiger partial charge in [0.05, 0.1) is 4.90 Å². The van der Waals surface area contributed by atoms with Crippen molar-refractivity contribution in [3.63, 3.8) is 0 Å². The molecule has 1 atom stereocenters. The number of nitrogens with zero attached hydrogens (tertiary/aromatic N) is 1. The number of hydrogen-bond acceptors (Lipinski definition) is 3. The lowest BCUT2D eigenvalue weighted by atomic mass is 10.0. The monoisotopic (exact) mass is 271 g/mol. The minimum absolute atomic E-state index is 0.139. The molecule has 0 amide bonds. The molecule has 6 heteroatoms. The number of piperidine rings is 1. The lowest BCUT2D eigenvalue weighted by Crippen LogP contribution is -2.43. The molecule has 2 heterocycles. The van der Waals surface area contributed by atoms with Crippen LogP contribution in [-0.2, 0) is 16.6 Å². The molecule has 0 saturated carbocycles. The molecule has 0 aliphatic carbocycles. The van der Waals surface area contributed by atoms with Crippen LogP contribution >= 0.6 is 0 Å². The van der Waals surface area contributed by atoms with Crippen LogP contribution in [0.1, 0.15) is 38.3 Å². The van der Waals surface area contributed by atoms with Gasteiger partial charge in [-0.3, -0.25) is 0 Å². The van der Waals surface area contributed by atoms with E-state index >= 15 is 0 Å². The smallest absolute Gasteiger partial charge is 0.244 e. The zero-order valence-corrected chi connectivity index (χ0v) is 11.5. The van der Waals surface area contributed by atoms with Crippen LogP contribution in [0.2, 0.25) is 0 Å². The summed E-state index contributed by atoms with van der Waals surface area (Å²) >= 11 is 0. The van der Waals surface area contributed by atoms with Gasteiger partial charge in [0, 0.05) is 31.0 Å². The molecule has 0 radical (unpaired) electrons. The summed E-state index contributed by atoms with van der Waals surface area (Å²) in [7, 11) is -3.37. The van der Waals surface area contributed by atoms with Crippen LogP contribution in [0.5, 0.6) is 0 Å². The summed E-state index contributed by atoms with van der Waals surface area (Å²) in [6.07, 6.45) is 5.44. The number of nitrogens with two attached hydrogens (primary N) is 1. The minimum atomic E-state index is -3.37. The van der Waals surface area contributed by atoms with Gasteiger partial charge in [-0.1, -0.05) is 13.3 Å². The van der Waals surface area contributed by atoms with Gasteiger partial charge in [-0.25, -0.2) is 8.42 Å². The Balaban J connectivity index is 2.28. The van der Waals surface area contributed by atoms with Crippen molar-refractivity contribution in [2.45, 2.75) is 50.1 Å². The molecule has 1 fully saturated rings. The number of nitrogens with one attached hydrogen (secondary N) is 1. The van der Waals surface area contributed by atoms with E-state index in [0.29, 0.717) is 18.0 Å². The van der Waals surface area contributed by atoms with Gasteiger partial charge in [0.2, 0.25) is 10.0 Å². The van der Waals surface area contributed by atoms with Crippen LogP contribution in [0.3, 0.4) is 0 Å². The van der Waals surface area contributed by atoms with Crippen molar-refractivity contribution in [3.8, 4) is 0 Å². The highest BCUT2D eigenvalue weighted by atomic mass is 32.2. The highest BCUT2D eigenvalue weighted by Gasteiger charge is 2.32. The summed E-state index contributed by atoms with van der Waals surface area (Å²) in [6.45, 7) is 3.00. The molecule has 2 rings (SSSR count). The fourth-order valence-corrected chi connectivity index (χ4v) is 4.31. The lowest BCUT2D eigenvalue weighted by molar-refractivity contribution is 0.246. The van der Waals surface area contributed by atoms with E-state index in [4.69, 9.17) is 5.73 Å². The molecule has 5 nitrogen and oxygen atoms in total. The minimum Gasteiger partial charge on any atom is -0.363 e. The fourth-order valence-electron chi connectivity index (χ4n) is 2.52. The number of aromatic nitrogens is 1. The first-order valence-corrected chi connectivity index (χ1v) is 7.92. The molecule has 102 valence electrons. The van der Waals surface area contributed by atoms with Crippen molar-refractivity contribution in [1.82, 2.24) is 9.29 Å². The molecule has 1 unspecified atom stereocenters. The van der Waals surface area contributed by atoms with Crippen LogP contribution in [-0.4, -0.2) is 30.3 Å². The van der Waals surface area contributed by atoms with Crippen molar-refractivity contribution < 1.29 is 8.42 Å². The molecule has 1 aromatic heterocycles. The van der Waals surface area contributed by atoms with E-state index in [1.54, 1.807) is 16.6 Å².